The first kappa shape index (κ1) is 28.4. The van der Waals surface area contributed by atoms with Crippen LogP contribution in [0.5, 0.6) is 5.75 Å². The molecule has 0 radical (unpaired) electrons. The number of thioether (sulfide) groups is 1. The minimum absolute atomic E-state index is 0.0528. The third-order valence-corrected chi connectivity index (χ3v) is 7.79. The second-order valence-corrected chi connectivity index (χ2v) is 10.8. The van der Waals surface area contributed by atoms with Crippen molar-refractivity contribution < 1.29 is 19.1 Å². The Labute approximate surface area is 240 Å². The molecule has 0 fully saturated rings. The van der Waals surface area contributed by atoms with Gasteiger partial charge in [-0.2, -0.15) is 0 Å². The van der Waals surface area contributed by atoms with Crippen LogP contribution < -0.4 is 10.1 Å². The Balaban J connectivity index is 1.47. The Morgan fingerprint density at radius 2 is 1.90 bits per heavy atom. The Morgan fingerprint density at radius 3 is 2.56 bits per heavy atom. The number of aromatic nitrogens is 3. The number of benzene rings is 2. The van der Waals surface area contributed by atoms with Crippen LogP contribution in [0.2, 0.25) is 5.02 Å². The molecule has 0 aliphatic rings. The summed E-state index contributed by atoms with van der Waals surface area (Å²) < 4.78 is 12.9. The Kier molecular flexibility index (Phi) is 9.45. The highest BCUT2D eigenvalue weighted by Gasteiger charge is 2.24. The van der Waals surface area contributed by atoms with Gasteiger partial charge in [0.2, 0.25) is 5.91 Å². The SMILES string of the molecule is C=CCn1c(SCC(=O)Nc2scc(-c3ccc(Cl)cc3)c2C(=O)OC)nnc1C(C)Oc1ccc(C)cc1. The molecule has 0 aliphatic carbocycles. The van der Waals surface area contributed by atoms with Crippen molar-refractivity contribution in [3.8, 4) is 16.9 Å². The molecule has 0 spiro atoms. The van der Waals surface area contributed by atoms with Crippen LogP contribution in [0, 0.1) is 6.92 Å². The summed E-state index contributed by atoms with van der Waals surface area (Å²) in [6.45, 7) is 8.20. The highest BCUT2D eigenvalue weighted by atomic mass is 35.5. The van der Waals surface area contributed by atoms with Crippen LogP contribution >= 0.6 is 34.7 Å². The standard InChI is InChI=1S/C28H27ClN4O4S2/c1-5-14-33-25(18(3)37-21-12-6-17(2)7-13-21)31-32-28(33)39-16-23(34)30-26-24(27(35)36-4)22(15-38-26)19-8-10-20(29)11-9-19/h5-13,15,18H,1,14,16H2,2-4H3,(H,30,34). The normalized spacial score (nSPS) is 11.6. The van der Waals surface area contributed by atoms with E-state index in [0.717, 1.165) is 16.9 Å². The van der Waals surface area contributed by atoms with E-state index < -0.39 is 5.97 Å². The lowest BCUT2D eigenvalue weighted by Crippen LogP contribution is -2.17. The number of methoxy groups -OCH3 is 1. The number of carbonyl (C=O) groups excluding carboxylic acids is 2. The fourth-order valence-electron chi connectivity index (χ4n) is 3.77. The molecule has 0 saturated heterocycles. The molecule has 4 rings (SSSR count). The van der Waals surface area contributed by atoms with E-state index in [1.807, 2.05) is 54.8 Å². The number of esters is 1. The topological polar surface area (TPSA) is 95.3 Å². The molecular formula is C28H27ClN4O4S2. The predicted molar refractivity (Wildman–Crippen MR) is 156 cm³/mol. The number of hydrogen-bond donors (Lipinski definition) is 1. The summed E-state index contributed by atoms with van der Waals surface area (Å²) in [5.74, 6) is 0.565. The molecule has 2 heterocycles. The van der Waals surface area contributed by atoms with E-state index in [-0.39, 0.29) is 17.8 Å². The van der Waals surface area contributed by atoms with Crippen LogP contribution in [0.4, 0.5) is 5.00 Å². The number of amides is 1. The minimum atomic E-state index is -0.540. The van der Waals surface area contributed by atoms with Gasteiger partial charge in [-0.15, -0.1) is 28.1 Å². The van der Waals surface area contributed by atoms with Crippen molar-refractivity contribution in [1.82, 2.24) is 14.8 Å². The van der Waals surface area contributed by atoms with Gasteiger partial charge in [-0.3, -0.25) is 9.36 Å². The van der Waals surface area contributed by atoms with E-state index in [1.165, 1.54) is 30.2 Å². The zero-order chi connectivity index (χ0) is 27.9. The number of anilines is 1. The van der Waals surface area contributed by atoms with Gasteiger partial charge in [0, 0.05) is 22.5 Å². The summed E-state index contributed by atoms with van der Waals surface area (Å²) in [5, 5.41) is 14.8. The quantitative estimate of drug-likeness (QED) is 0.118. The molecule has 39 heavy (non-hydrogen) atoms. The van der Waals surface area contributed by atoms with E-state index in [9.17, 15) is 9.59 Å². The lowest BCUT2D eigenvalue weighted by molar-refractivity contribution is -0.113. The van der Waals surface area contributed by atoms with Gasteiger partial charge in [-0.25, -0.2) is 4.79 Å². The van der Waals surface area contributed by atoms with Crippen molar-refractivity contribution in [2.75, 3.05) is 18.2 Å². The summed E-state index contributed by atoms with van der Waals surface area (Å²) in [5.41, 5.74) is 2.88. The summed E-state index contributed by atoms with van der Waals surface area (Å²) in [6, 6.07) is 14.9. The number of allylic oxidation sites excluding steroid dienone is 1. The fraction of sp³-hybridized carbons (Fsp3) is 0.214. The third kappa shape index (κ3) is 6.89. The van der Waals surface area contributed by atoms with Crippen molar-refractivity contribution in [2.24, 2.45) is 0 Å². The minimum Gasteiger partial charge on any atom is -0.483 e. The van der Waals surface area contributed by atoms with E-state index in [2.05, 4.69) is 22.1 Å². The highest BCUT2D eigenvalue weighted by molar-refractivity contribution is 7.99. The molecule has 11 heteroatoms. The van der Waals surface area contributed by atoms with Crippen molar-refractivity contribution in [3.63, 3.8) is 0 Å². The zero-order valence-corrected chi connectivity index (χ0v) is 24.0. The molecule has 0 aliphatic heterocycles. The van der Waals surface area contributed by atoms with Crippen molar-refractivity contribution in [2.45, 2.75) is 31.7 Å². The molecule has 0 saturated carbocycles. The van der Waals surface area contributed by atoms with Crippen molar-refractivity contribution in [1.29, 1.82) is 0 Å². The fourth-order valence-corrected chi connectivity index (χ4v) is 5.63. The number of hydrogen-bond acceptors (Lipinski definition) is 8. The molecule has 1 amide bonds. The summed E-state index contributed by atoms with van der Waals surface area (Å²) in [6.07, 6.45) is 1.37. The molecule has 1 unspecified atom stereocenters. The molecule has 8 nitrogen and oxygen atoms in total. The van der Waals surface area contributed by atoms with Crippen LogP contribution in [0.25, 0.3) is 11.1 Å². The maximum Gasteiger partial charge on any atom is 0.341 e. The number of ether oxygens (including phenoxy) is 2. The second-order valence-electron chi connectivity index (χ2n) is 8.50. The van der Waals surface area contributed by atoms with Gasteiger partial charge in [0.05, 0.1) is 12.9 Å². The Morgan fingerprint density at radius 1 is 1.18 bits per heavy atom. The van der Waals surface area contributed by atoms with Gasteiger partial charge in [0.15, 0.2) is 17.1 Å². The lowest BCUT2D eigenvalue weighted by Gasteiger charge is -2.16. The molecule has 1 atom stereocenters. The van der Waals surface area contributed by atoms with Gasteiger partial charge >= 0.3 is 5.97 Å². The number of rotatable bonds is 11. The monoisotopic (exact) mass is 582 g/mol. The van der Waals surface area contributed by atoms with E-state index in [4.69, 9.17) is 21.1 Å². The van der Waals surface area contributed by atoms with Crippen LogP contribution in [-0.4, -0.2) is 39.5 Å². The number of carbonyl (C=O) groups is 2. The van der Waals surface area contributed by atoms with Gasteiger partial charge in [-0.05, 0) is 43.7 Å². The van der Waals surface area contributed by atoms with E-state index >= 15 is 0 Å². The first-order chi connectivity index (χ1) is 18.8. The maximum absolute atomic E-state index is 12.9. The molecule has 2 aromatic carbocycles. The van der Waals surface area contributed by atoms with Crippen molar-refractivity contribution >= 4 is 51.6 Å². The van der Waals surface area contributed by atoms with E-state index in [0.29, 0.717) is 38.7 Å². The summed E-state index contributed by atoms with van der Waals surface area (Å²) in [7, 11) is 1.31. The molecule has 1 N–H and O–H groups in total. The van der Waals surface area contributed by atoms with Crippen molar-refractivity contribution in [3.05, 3.63) is 88.5 Å². The number of nitrogens with zero attached hydrogens (tertiary/aromatic N) is 3. The van der Waals surface area contributed by atoms with Crippen LogP contribution in [0.1, 0.15) is 34.8 Å². The molecule has 202 valence electrons. The summed E-state index contributed by atoms with van der Waals surface area (Å²) in [4.78, 5) is 25.5. The lowest BCUT2D eigenvalue weighted by atomic mass is 10.0. The maximum atomic E-state index is 12.9. The Bertz CT molecular complexity index is 1470. The van der Waals surface area contributed by atoms with Crippen LogP contribution in [0.3, 0.4) is 0 Å². The largest absolute Gasteiger partial charge is 0.483 e. The smallest absolute Gasteiger partial charge is 0.341 e. The molecule has 2 aromatic heterocycles. The number of halogens is 1. The zero-order valence-electron chi connectivity index (χ0n) is 21.6. The highest BCUT2D eigenvalue weighted by Crippen LogP contribution is 2.37. The molecular weight excluding hydrogens is 556 g/mol. The van der Waals surface area contributed by atoms with Gasteiger partial charge < -0.3 is 14.8 Å². The Hall–Kier alpha value is -3.60. The molecule has 4 aromatic rings. The summed E-state index contributed by atoms with van der Waals surface area (Å²) >= 11 is 8.49. The number of nitrogens with one attached hydrogen (secondary N) is 1. The van der Waals surface area contributed by atoms with Gasteiger partial charge in [0.25, 0.3) is 0 Å². The van der Waals surface area contributed by atoms with Gasteiger partial charge in [-0.1, -0.05) is 59.3 Å². The predicted octanol–water partition coefficient (Wildman–Crippen LogP) is 6.81. The van der Waals surface area contributed by atoms with Gasteiger partial charge in [0.1, 0.15) is 16.3 Å². The molecule has 0 bridgehead atoms. The number of aryl methyl sites for hydroxylation is 1. The second kappa shape index (κ2) is 13.0. The van der Waals surface area contributed by atoms with Crippen LogP contribution in [-0.2, 0) is 16.1 Å². The average molecular weight is 583 g/mol. The van der Waals surface area contributed by atoms with E-state index in [1.54, 1.807) is 23.6 Å². The average Bonchev–Trinajstić information content (AvgIpc) is 3.53. The van der Waals surface area contributed by atoms with Crippen LogP contribution in [0.15, 0.2) is 71.7 Å². The third-order valence-electron chi connectivity index (χ3n) is 5.68. The first-order valence-corrected chi connectivity index (χ1v) is 14.2. The first-order valence-electron chi connectivity index (χ1n) is 12.0. The number of thiophene rings is 1.